The van der Waals surface area contributed by atoms with Crippen molar-refractivity contribution < 1.29 is 9.53 Å². The lowest BCUT2D eigenvalue weighted by Gasteiger charge is -2.33. The van der Waals surface area contributed by atoms with E-state index in [-0.39, 0.29) is 31.2 Å². The average molecular weight is 464 g/mol. The number of nitrogens with one attached hydrogen (secondary N) is 1. The van der Waals surface area contributed by atoms with Crippen LogP contribution in [-0.4, -0.2) is 76.9 Å². The number of hydrogen-bond donors (Lipinski definition) is 1. The van der Waals surface area contributed by atoms with Crippen molar-refractivity contribution in [3.05, 3.63) is 64.7 Å². The second-order valence-corrected chi connectivity index (χ2v) is 8.28. The van der Waals surface area contributed by atoms with Crippen molar-refractivity contribution in [2.75, 3.05) is 51.3 Å². The van der Waals surface area contributed by atoms with Gasteiger partial charge in [-0.3, -0.25) is 9.59 Å². The van der Waals surface area contributed by atoms with E-state index in [1.54, 1.807) is 6.07 Å². The van der Waals surface area contributed by atoms with Crippen LogP contribution in [0.2, 0.25) is 0 Å². The predicted molar refractivity (Wildman–Crippen MR) is 129 cm³/mol. The van der Waals surface area contributed by atoms with E-state index >= 15 is 0 Å². The smallest absolute Gasteiger partial charge is 0.267 e. The fraction of sp³-hybridized carbons (Fsp3) is 0.375. The minimum Gasteiger partial charge on any atom is -0.476 e. The van der Waals surface area contributed by atoms with Gasteiger partial charge in [-0.15, -0.1) is 0 Å². The van der Waals surface area contributed by atoms with Crippen LogP contribution in [-0.2, 0) is 11.3 Å². The van der Waals surface area contributed by atoms with E-state index < -0.39 is 0 Å². The van der Waals surface area contributed by atoms with Crippen molar-refractivity contribution in [3.8, 4) is 17.1 Å². The lowest BCUT2D eigenvalue weighted by atomic mass is 10.1. The molecule has 10 nitrogen and oxygen atoms in total. The van der Waals surface area contributed by atoms with Crippen LogP contribution in [0.5, 0.6) is 5.88 Å². The summed E-state index contributed by atoms with van der Waals surface area (Å²) in [6, 6.07) is 12.7. The van der Waals surface area contributed by atoms with Crippen LogP contribution >= 0.6 is 0 Å². The molecule has 0 saturated carbocycles. The molecule has 1 aliphatic rings. The second kappa shape index (κ2) is 10.9. The zero-order valence-electron chi connectivity index (χ0n) is 19.5. The van der Waals surface area contributed by atoms with Gasteiger partial charge in [0.1, 0.15) is 25.3 Å². The molecule has 1 N–H and O–H groups in total. The fourth-order valence-corrected chi connectivity index (χ4v) is 3.60. The Bertz CT molecular complexity index is 1170. The normalized spacial score (nSPS) is 14.1. The van der Waals surface area contributed by atoms with Crippen molar-refractivity contribution in [2.24, 2.45) is 0 Å². The minimum atomic E-state index is -0.334. The standard InChI is InChI=1S/C24H29N7O3/c1-18-3-5-19(6-4-18)20-7-8-24(33)31(28-20)16-22(32)25-9-14-34-23-15-21(26-17-27-23)30-12-10-29(2)11-13-30/h3-8,15,17H,9-14,16H2,1-2H3,(H,25,32). The van der Waals surface area contributed by atoms with E-state index in [1.807, 2.05) is 37.3 Å². The molecule has 0 radical (unpaired) electrons. The number of carbonyl (C=O) groups excluding carboxylic acids is 1. The van der Waals surface area contributed by atoms with Gasteiger partial charge in [0.2, 0.25) is 11.8 Å². The maximum Gasteiger partial charge on any atom is 0.267 e. The molecule has 4 rings (SSSR count). The van der Waals surface area contributed by atoms with E-state index in [0.29, 0.717) is 11.6 Å². The highest BCUT2D eigenvalue weighted by atomic mass is 16.5. The summed E-state index contributed by atoms with van der Waals surface area (Å²) < 4.78 is 6.85. The van der Waals surface area contributed by atoms with Gasteiger partial charge in [0.15, 0.2) is 0 Å². The Morgan fingerprint density at radius 2 is 1.82 bits per heavy atom. The molecule has 1 fully saturated rings. The first-order valence-electron chi connectivity index (χ1n) is 11.3. The molecule has 1 amide bonds. The molecular weight excluding hydrogens is 434 g/mol. The van der Waals surface area contributed by atoms with Gasteiger partial charge in [-0.1, -0.05) is 29.8 Å². The highest BCUT2D eigenvalue weighted by molar-refractivity contribution is 5.75. The number of nitrogens with zero attached hydrogens (tertiary/aromatic N) is 6. The van der Waals surface area contributed by atoms with Crippen LogP contribution in [0.1, 0.15) is 5.56 Å². The third-order valence-electron chi connectivity index (χ3n) is 5.64. The van der Waals surface area contributed by atoms with Crippen molar-refractivity contribution >= 4 is 11.7 Å². The third kappa shape index (κ3) is 6.16. The van der Waals surface area contributed by atoms with E-state index in [2.05, 4.69) is 37.2 Å². The largest absolute Gasteiger partial charge is 0.476 e. The Morgan fingerprint density at radius 3 is 2.59 bits per heavy atom. The maximum absolute atomic E-state index is 12.4. The van der Waals surface area contributed by atoms with Crippen molar-refractivity contribution in [1.82, 2.24) is 30.0 Å². The molecule has 3 heterocycles. The number of aromatic nitrogens is 4. The molecule has 0 aliphatic carbocycles. The van der Waals surface area contributed by atoms with Crippen molar-refractivity contribution in [3.63, 3.8) is 0 Å². The number of piperazine rings is 1. The molecule has 1 aromatic carbocycles. The van der Waals surface area contributed by atoms with Gasteiger partial charge < -0.3 is 19.9 Å². The Balaban J connectivity index is 1.26. The first kappa shape index (κ1) is 23.4. The molecule has 0 unspecified atom stereocenters. The van der Waals surface area contributed by atoms with Gasteiger partial charge in [-0.05, 0) is 20.0 Å². The Kier molecular flexibility index (Phi) is 7.48. The molecule has 178 valence electrons. The highest BCUT2D eigenvalue weighted by Crippen LogP contribution is 2.17. The topological polar surface area (TPSA) is 105 Å². The molecule has 3 aromatic rings. The minimum absolute atomic E-state index is 0.167. The number of amides is 1. The lowest BCUT2D eigenvalue weighted by molar-refractivity contribution is -0.122. The number of hydrogen-bond acceptors (Lipinski definition) is 8. The van der Waals surface area contributed by atoms with Crippen molar-refractivity contribution in [1.29, 1.82) is 0 Å². The third-order valence-corrected chi connectivity index (χ3v) is 5.64. The number of rotatable bonds is 8. The number of likely N-dealkylation sites (N-methyl/N-ethyl adjacent to an activating group) is 1. The van der Waals surface area contributed by atoms with Crippen LogP contribution in [0, 0.1) is 6.92 Å². The lowest BCUT2D eigenvalue weighted by Crippen LogP contribution is -2.44. The van der Waals surface area contributed by atoms with Crippen LogP contribution in [0.15, 0.2) is 53.6 Å². The predicted octanol–water partition coefficient (Wildman–Crippen LogP) is 0.956. The molecule has 2 aromatic heterocycles. The summed E-state index contributed by atoms with van der Waals surface area (Å²) in [6.07, 6.45) is 1.49. The van der Waals surface area contributed by atoms with Crippen LogP contribution in [0.4, 0.5) is 5.82 Å². The monoisotopic (exact) mass is 463 g/mol. The number of anilines is 1. The summed E-state index contributed by atoms with van der Waals surface area (Å²) in [7, 11) is 2.10. The first-order valence-corrected chi connectivity index (χ1v) is 11.3. The summed E-state index contributed by atoms with van der Waals surface area (Å²) >= 11 is 0. The number of benzene rings is 1. The van der Waals surface area contributed by atoms with Gasteiger partial charge in [0.25, 0.3) is 5.56 Å². The van der Waals surface area contributed by atoms with Crippen LogP contribution < -0.4 is 20.5 Å². The highest BCUT2D eigenvalue weighted by Gasteiger charge is 2.16. The summed E-state index contributed by atoms with van der Waals surface area (Å²) in [5, 5.41) is 7.09. The fourth-order valence-electron chi connectivity index (χ4n) is 3.60. The van der Waals surface area contributed by atoms with E-state index in [4.69, 9.17) is 4.74 Å². The molecule has 0 bridgehead atoms. The number of ether oxygens (including phenoxy) is 1. The van der Waals surface area contributed by atoms with E-state index in [9.17, 15) is 9.59 Å². The molecule has 10 heteroatoms. The maximum atomic E-state index is 12.4. The zero-order chi connectivity index (χ0) is 23.9. The molecule has 34 heavy (non-hydrogen) atoms. The number of aryl methyl sites for hydroxylation is 1. The summed E-state index contributed by atoms with van der Waals surface area (Å²) in [4.78, 5) is 37.5. The van der Waals surface area contributed by atoms with Gasteiger partial charge in [-0.2, -0.15) is 5.10 Å². The molecular formula is C24H29N7O3. The number of carbonyl (C=O) groups is 1. The van der Waals surface area contributed by atoms with Crippen molar-refractivity contribution in [2.45, 2.75) is 13.5 Å². The molecule has 1 aliphatic heterocycles. The SMILES string of the molecule is Cc1ccc(-c2ccc(=O)n(CC(=O)NCCOc3cc(N4CCN(C)CC4)ncn3)n2)cc1. The molecule has 0 atom stereocenters. The van der Waals surface area contributed by atoms with Crippen LogP contribution in [0.3, 0.4) is 0 Å². The Hall–Kier alpha value is -3.79. The van der Waals surface area contributed by atoms with Gasteiger partial charge in [0, 0.05) is 43.9 Å². The van der Waals surface area contributed by atoms with E-state index in [0.717, 1.165) is 47.8 Å². The summed E-state index contributed by atoms with van der Waals surface area (Å²) in [5.41, 5.74) is 2.32. The Labute approximate surface area is 198 Å². The van der Waals surface area contributed by atoms with Crippen LogP contribution in [0.25, 0.3) is 11.3 Å². The Morgan fingerprint density at radius 1 is 1.06 bits per heavy atom. The average Bonchev–Trinajstić information content (AvgIpc) is 2.84. The first-order chi connectivity index (χ1) is 16.5. The van der Waals surface area contributed by atoms with E-state index in [1.165, 1.54) is 12.4 Å². The molecule has 1 saturated heterocycles. The quantitative estimate of drug-likeness (QED) is 0.493. The zero-order valence-corrected chi connectivity index (χ0v) is 19.5. The molecule has 0 spiro atoms. The summed E-state index contributed by atoms with van der Waals surface area (Å²) in [6.45, 7) is 6.14. The second-order valence-electron chi connectivity index (χ2n) is 8.28. The summed E-state index contributed by atoms with van der Waals surface area (Å²) in [5.74, 6) is 0.975. The van der Waals surface area contributed by atoms with Gasteiger partial charge in [0.05, 0.1) is 12.2 Å². The van der Waals surface area contributed by atoms with Gasteiger partial charge in [-0.25, -0.2) is 14.6 Å². The van der Waals surface area contributed by atoms with Gasteiger partial charge >= 0.3 is 0 Å².